The Bertz CT molecular complexity index is 3930. The SMILES string of the molecule is CN[C@H](C(=O)N[C@@H](CCCN=C(N)N)C(=O)NCC(=O)N1CCC[C@H]1C(=O)NCC(=O)N1CCC[C@H]1C(=O)NCC(=O)N[C@@H](CC(C)C)C(=O)N[C@@H](CC(C)C)C(=O)N[C@@H](CC(C)C)C(=O)N[C@@H](CC(C)C)C(=O)N[C@@H](C)C(=O)N[C@H](C(=O)N[C@@H](CCC(N)=O)C(=O)N[C@@H](CS)C(=O)N[C@@H](CC(C)C)C(=O)NCC(=O)N[C@H](C(=O)N[C@@H](C)C(=O)O)[C@@H](C)O)C(C)C)C(C)(C)C. The summed E-state index contributed by atoms with van der Waals surface area (Å²) < 4.78 is 0. The van der Waals surface area contributed by atoms with Crippen LogP contribution in [0.2, 0.25) is 0 Å². The number of likely N-dealkylation sites (tertiary alicyclic amines) is 2. The third-order valence-corrected chi connectivity index (χ3v) is 21.4. The summed E-state index contributed by atoms with van der Waals surface area (Å²) in [5.74, 6) is -19.1. The third-order valence-electron chi connectivity index (χ3n) is 21.1. The number of hydrogen-bond donors (Lipinski definition) is 23. The molecule has 25 N–H and O–H groups in total. The van der Waals surface area contributed by atoms with E-state index in [4.69, 9.17) is 17.2 Å². The van der Waals surface area contributed by atoms with E-state index in [9.17, 15) is 106 Å². The fourth-order valence-electron chi connectivity index (χ4n) is 14.3. The monoisotopic (exact) mass is 1860 g/mol. The molecule has 0 aromatic rings. The molecular weight excluding hydrogens is 1720 g/mol. The molecule has 2 fully saturated rings. The first-order valence-corrected chi connectivity index (χ1v) is 45.0. The number of primary amides is 1. The number of aliphatic imine (C=N–C) groups is 1. The molecule has 2 heterocycles. The van der Waals surface area contributed by atoms with Crippen LogP contribution in [0, 0.1) is 40.9 Å². The number of guanidine groups is 1. The second-order valence-corrected chi connectivity index (χ2v) is 37.0. The molecule has 45 nitrogen and oxygen atoms in total. The number of carbonyl (C=O) groups is 20. The van der Waals surface area contributed by atoms with E-state index in [1.165, 1.54) is 16.7 Å². The maximum atomic E-state index is 14.5. The molecule has 2 aliphatic heterocycles. The van der Waals surface area contributed by atoms with Crippen LogP contribution in [-0.4, -0.2) is 300 Å². The zero-order valence-electron chi connectivity index (χ0n) is 78.6. The molecule has 0 radical (unpaired) electrons. The summed E-state index contributed by atoms with van der Waals surface area (Å²) in [4.78, 5) is 278. The minimum atomic E-state index is -1.62. The van der Waals surface area contributed by atoms with Gasteiger partial charge >= 0.3 is 5.97 Å². The fraction of sp³-hybridized carbons (Fsp3) is 0.750. The van der Waals surface area contributed by atoms with E-state index in [2.05, 4.69) is 108 Å². The summed E-state index contributed by atoms with van der Waals surface area (Å²) in [6, 6.07) is -19.3. The van der Waals surface area contributed by atoms with Gasteiger partial charge in [-0.25, -0.2) is 0 Å². The van der Waals surface area contributed by atoms with Gasteiger partial charge in [0.2, 0.25) is 112 Å². The highest BCUT2D eigenvalue weighted by Crippen LogP contribution is 2.23. The minimum absolute atomic E-state index is 0.00850. The van der Waals surface area contributed by atoms with Gasteiger partial charge < -0.3 is 128 Å². The Morgan fingerprint density at radius 1 is 0.408 bits per heavy atom. The van der Waals surface area contributed by atoms with Crippen molar-refractivity contribution in [2.75, 3.05) is 58.6 Å². The smallest absolute Gasteiger partial charge is 0.325 e. The summed E-state index contributed by atoms with van der Waals surface area (Å²) in [6.07, 6.45) is -0.555. The van der Waals surface area contributed by atoms with Crippen molar-refractivity contribution in [2.45, 2.75) is 305 Å². The average Bonchev–Trinajstić information content (AvgIpc) is 1.45. The quantitative estimate of drug-likeness (QED) is 0.0117. The number of nitrogens with one attached hydrogen (secondary N) is 17. The van der Waals surface area contributed by atoms with Crippen LogP contribution in [0.15, 0.2) is 4.99 Å². The average molecular weight is 1860 g/mol. The highest BCUT2D eigenvalue weighted by Gasteiger charge is 2.42. The van der Waals surface area contributed by atoms with Gasteiger partial charge in [0.15, 0.2) is 5.96 Å². The summed E-state index contributed by atoms with van der Waals surface area (Å²) >= 11 is 4.23. The fourth-order valence-corrected chi connectivity index (χ4v) is 14.6. The lowest BCUT2D eigenvalue weighted by Gasteiger charge is -2.31. The lowest BCUT2D eigenvalue weighted by atomic mass is 9.86. The van der Waals surface area contributed by atoms with Crippen molar-refractivity contribution in [2.24, 2.45) is 63.1 Å². The molecule has 130 heavy (non-hydrogen) atoms. The Kier molecular flexibility index (Phi) is 50.0. The first-order chi connectivity index (χ1) is 60.5. The van der Waals surface area contributed by atoms with E-state index in [0.717, 1.165) is 13.8 Å². The van der Waals surface area contributed by atoms with Crippen LogP contribution in [0.5, 0.6) is 0 Å². The number of rotatable bonds is 56. The number of amides is 19. The van der Waals surface area contributed by atoms with Crippen molar-refractivity contribution in [1.82, 2.24) is 100 Å². The maximum absolute atomic E-state index is 14.5. The molecule has 0 aliphatic carbocycles. The molecule has 0 spiro atoms. The molecule has 2 aliphatic rings. The largest absolute Gasteiger partial charge is 0.480 e. The molecule has 0 aromatic heterocycles. The number of aliphatic hydroxyl groups excluding tert-OH is 1. The topological polar surface area (TPSA) is 683 Å². The van der Waals surface area contributed by atoms with E-state index in [1.807, 2.05) is 20.8 Å². The Hall–Kier alpha value is -11.1. The number of hydrogen-bond acceptors (Lipinski definition) is 24. The van der Waals surface area contributed by atoms with Gasteiger partial charge in [-0.05, 0) is 146 Å². The van der Waals surface area contributed by atoms with Gasteiger partial charge in [0.05, 0.1) is 38.3 Å². The lowest BCUT2D eigenvalue weighted by Crippen LogP contribution is -2.61. The van der Waals surface area contributed by atoms with Gasteiger partial charge in [-0.2, -0.15) is 12.6 Å². The highest BCUT2D eigenvalue weighted by atomic mass is 32.1. The number of aliphatic carboxylic acids is 1. The van der Waals surface area contributed by atoms with Gasteiger partial charge in [-0.15, -0.1) is 0 Å². The predicted octanol–water partition coefficient (Wildman–Crippen LogP) is -5.47. The van der Waals surface area contributed by atoms with E-state index in [-0.39, 0.29) is 107 Å². The van der Waals surface area contributed by atoms with Gasteiger partial charge in [0.1, 0.15) is 84.6 Å². The molecule has 2 saturated heterocycles. The predicted molar refractivity (Wildman–Crippen MR) is 482 cm³/mol. The van der Waals surface area contributed by atoms with Crippen molar-refractivity contribution in [3.05, 3.63) is 0 Å². The number of aliphatic hydroxyl groups is 1. The van der Waals surface area contributed by atoms with Crippen LogP contribution in [0.25, 0.3) is 0 Å². The standard InChI is InChI=1S/C84H147N23O22S/c1-41(2)31-52(70(116)90-37-62(111)104-66(49(15)108)80(126)95-48(14)82(128)129)99-76(122)57(40-130)103-71(117)51(26-27-60(85)109)97-79(125)65(46(11)12)105-68(114)47(13)94-72(118)54(33-43(5)6)100-74(120)56(35-45(9)10)102-75(121)55(34-44(7)8)101-73(119)53(32-42(3)4)96-61(110)36-91-77(123)58-24-21-29-106(58)64(113)39-93-78(124)59-25-22-30-107(59)63(112)38-92-69(115)50(23-20-28-89-83(86)87)98-81(127)67(88-19)84(16,17)18/h41-59,65-67,88,108,130H,20-40H2,1-19H3,(H2,85,109)(H,90,116)(H,91,123)(H,92,115)(H,93,124)(H,94,118)(H,95,126)(H,96,110)(H,97,125)(H,98,127)(H,99,122)(H,100,120)(H,101,119)(H,102,121)(H,103,117)(H,104,111)(H,105,114)(H,128,129)(H4,86,87,89)/t47-,48-,49+,50-,51-,52-,53-,54-,55-,56-,57-,58-,59-,65-,66-,67+/m0/s1. The number of carboxylic acids is 1. The number of carboxylic acid groups (broad SMARTS) is 1. The van der Waals surface area contributed by atoms with Crippen LogP contribution in [0.3, 0.4) is 0 Å². The Morgan fingerprint density at radius 3 is 1.18 bits per heavy atom. The zero-order valence-corrected chi connectivity index (χ0v) is 79.5. The van der Waals surface area contributed by atoms with E-state index in [1.54, 1.807) is 90.1 Å². The van der Waals surface area contributed by atoms with Crippen LogP contribution >= 0.6 is 12.6 Å². The summed E-state index contributed by atoms with van der Waals surface area (Å²) in [6.45, 7) is 28.0. The molecule has 46 heteroatoms. The summed E-state index contributed by atoms with van der Waals surface area (Å²) in [5.41, 5.74) is 15.9. The van der Waals surface area contributed by atoms with Crippen molar-refractivity contribution >= 4 is 137 Å². The molecule has 0 saturated carbocycles. The van der Waals surface area contributed by atoms with Gasteiger partial charge in [-0.3, -0.25) is 101 Å². The van der Waals surface area contributed by atoms with Crippen molar-refractivity contribution < 1.29 is 106 Å². The van der Waals surface area contributed by atoms with Crippen molar-refractivity contribution in [3.63, 3.8) is 0 Å². The van der Waals surface area contributed by atoms with E-state index < -0.39 is 271 Å². The maximum Gasteiger partial charge on any atom is 0.325 e. The summed E-state index contributed by atoms with van der Waals surface area (Å²) in [7, 11) is 1.62. The van der Waals surface area contributed by atoms with Crippen molar-refractivity contribution in [1.29, 1.82) is 0 Å². The molecule has 736 valence electrons. The second-order valence-electron chi connectivity index (χ2n) is 36.6. The van der Waals surface area contributed by atoms with Crippen LogP contribution in [0.4, 0.5) is 0 Å². The van der Waals surface area contributed by atoms with Crippen LogP contribution < -0.4 is 108 Å². The lowest BCUT2D eigenvalue weighted by molar-refractivity contribution is -0.142. The summed E-state index contributed by atoms with van der Waals surface area (Å²) in [5, 5.41) is 62.9. The molecular formula is C84H147N23O22S. The normalized spacial score (nSPS) is 17.0. The Balaban J connectivity index is 2.21. The Morgan fingerprint density at radius 2 is 0.762 bits per heavy atom. The van der Waals surface area contributed by atoms with E-state index in [0.29, 0.717) is 19.3 Å². The molecule has 0 aromatic carbocycles. The second kappa shape index (κ2) is 56.5. The highest BCUT2D eigenvalue weighted by molar-refractivity contribution is 7.80. The first-order valence-electron chi connectivity index (χ1n) is 44.4. The minimum Gasteiger partial charge on any atom is -0.480 e. The Labute approximate surface area is 766 Å². The molecule has 0 bridgehead atoms. The third kappa shape index (κ3) is 41.4. The molecule has 2 rings (SSSR count). The van der Waals surface area contributed by atoms with E-state index >= 15 is 0 Å². The number of thiol groups is 1. The van der Waals surface area contributed by atoms with Crippen LogP contribution in [-0.2, 0) is 95.9 Å². The van der Waals surface area contributed by atoms with Gasteiger partial charge in [-0.1, -0.05) is 104 Å². The number of nitrogens with two attached hydrogens (primary N) is 3. The van der Waals surface area contributed by atoms with Crippen LogP contribution in [0.1, 0.15) is 208 Å². The number of carbonyl (C=O) groups excluding carboxylic acids is 19. The van der Waals surface area contributed by atoms with Gasteiger partial charge in [0, 0.05) is 31.8 Å². The molecule has 0 unspecified atom stereocenters. The molecule has 16 atom stereocenters. The van der Waals surface area contributed by atoms with Crippen molar-refractivity contribution in [3.8, 4) is 0 Å². The first kappa shape index (κ1) is 115. The number of nitrogens with zero attached hydrogens (tertiary/aromatic N) is 3. The number of likely N-dealkylation sites (N-methyl/N-ethyl adjacent to an activating group) is 1. The zero-order chi connectivity index (χ0) is 99.1. The molecule has 19 amide bonds. The van der Waals surface area contributed by atoms with Gasteiger partial charge in [0.25, 0.3) is 0 Å².